The summed E-state index contributed by atoms with van der Waals surface area (Å²) >= 11 is 3.30. The number of esters is 1. The third kappa shape index (κ3) is 3.93. The highest BCUT2D eigenvalue weighted by molar-refractivity contribution is 9.08. The van der Waals surface area contributed by atoms with E-state index in [1.165, 1.54) is 0 Å². The van der Waals surface area contributed by atoms with Crippen LogP contribution in [0.5, 0.6) is 0 Å². The van der Waals surface area contributed by atoms with E-state index in [0.717, 1.165) is 10.9 Å². The van der Waals surface area contributed by atoms with Crippen LogP contribution < -0.4 is 0 Å². The molecular formula is C12H14BrFO2. The van der Waals surface area contributed by atoms with Crippen molar-refractivity contribution in [2.75, 3.05) is 0 Å². The highest BCUT2D eigenvalue weighted by atomic mass is 79.9. The number of carbonyl (C=O) groups excluding carboxylic acids is 1. The summed E-state index contributed by atoms with van der Waals surface area (Å²) in [4.78, 5) is 11.5. The Kier molecular flexibility index (Phi) is 5.46. The minimum absolute atomic E-state index is 0.241. The van der Waals surface area contributed by atoms with Crippen LogP contribution in [0.15, 0.2) is 24.3 Å². The van der Waals surface area contributed by atoms with Gasteiger partial charge in [-0.05, 0) is 24.1 Å². The first-order valence-electron chi connectivity index (χ1n) is 5.17. The van der Waals surface area contributed by atoms with Gasteiger partial charge in [-0.1, -0.05) is 35.0 Å². The van der Waals surface area contributed by atoms with Gasteiger partial charge in [0.05, 0.1) is 5.56 Å². The summed E-state index contributed by atoms with van der Waals surface area (Å²) in [6.07, 6.45) is -0.615. The summed E-state index contributed by atoms with van der Waals surface area (Å²) in [6, 6.07) is 6.88. The Hall–Kier alpha value is -0.900. The Morgan fingerprint density at radius 3 is 2.56 bits per heavy atom. The molecule has 0 aliphatic heterocycles. The van der Waals surface area contributed by atoms with Crippen LogP contribution in [-0.4, -0.2) is 12.3 Å². The molecule has 88 valence electrons. The Bertz CT molecular complexity index is 337. The van der Waals surface area contributed by atoms with Gasteiger partial charge in [-0.2, -0.15) is 0 Å². The molecule has 0 radical (unpaired) electrons. The molecule has 0 spiro atoms. The van der Waals surface area contributed by atoms with E-state index in [1.807, 2.05) is 6.92 Å². The smallest absolute Gasteiger partial charge is 0.340 e. The molecule has 1 aromatic carbocycles. The lowest BCUT2D eigenvalue weighted by Crippen LogP contribution is -2.13. The fraction of sp³-hybridized carbons (Fsp3) is 0.417. The molecule has 16 heavy (non-hydrogen) atoms. The summed E-state index contributed by atoms with van der Waals surface area (Å²) in [5.74, 6) is -0.609. The lowest BCUT2D eigenvalue weighted by Gasteiger charge is -2.08. The fourth-order valence-electron chi connectivity index (χ4n) is 1.20. The number of hydrogen-bond donors (Lipinski definition) is 0. The standard InChI is InChI=1S/C12H14BrFO2/c1-2-3-11(14)16-12(15)10-6-4-9(8-13)5-7-10/h4-7,11H,2-3,8H2,1H3. The Labute approximate surface area is 103 Å². The van der Waals surface area contributed by atoms with Gasteiger partial charge in [0, 0.05) is 11.8 Å². The predicted molar refractivity (Wildman–Crippen MR) is 64.3 cm³/mol. The van der Waals surface area contributed by atoms with Crippen LogP contribution in [0.2, 0.25) is 0 Å². The maximum absolute atomic E-state index is 13.0. The molecule has 0 aromatic heterocycles. The van der Waals surface area contributed by atoms with Gasteiger partial charge in [0.1, 0.15) is 0 Å². The quantitative estimate of drug-likeness (QED) is 0.608. The van der Waals surface area contributed by atoms with E-state index in [2.05, 4.69) is 20.7 Å². The van der Waals surface area contributed by atoms with E-state index in [9.17, 15) is 9.18 Å². The second-order valence-electron chi connectivity index (χ2n) is 3.43. The lowest BCUT2D eigenvalue weighted by molar-refractivity contribution is -0.0187. The van der Waals surface area contributed by atoms with Crippen molar-refractivity contribution in [2.45, 2.75) is 31.5 Å². The molecule has 0 saturated heterocycles. The molecule has 0 bridgehead atoms. The molecule has 0 aliphatic carbocycles. The first-order chi connectivity index (χ1) is 7.67. The summed E-state index contributed by atoms with van der Waals surface area (Å²) < 4.78 is 17.7. The van der Waals surface area contributed by atoms with Gasteiger partial charge < -0.3 is 4.74 Å². The zero-order valence-electron chi connectivity index (χ0n) is 9.08. The Morgan fingerprint density at radius 1 is 1.44 bits per heavy atom. The highest BCUT2D eigenvalue weighted by Crippen LogP contribution is 2.11. The van der Waals surface area contributed by atoms with Gasteiger partial charge in [-0.3, -0.25) is 0 Å². The molecule has 0 aliphatic rings. The SMILES string of the molecule is CCCC(F)OC(=O)c1ccc(CBr)cc1. The second-order valence-corrected chi connectivity index (χ2v) is 4.00. The van der Waals surface area contributed by atoms with Crippen LogP contribution in [0.1, 0.15) is 35.7 Å². The molecule has 1 aromatic rings. The average molecular weight is 289 g/mol. The monoisotopic (exact) mass is 288 g/mol. The molecule has 0 fully saturated rings. The zero-order valence-corrected chi connectivity index (χ0v) is 10.7. The molecule has 2 nitrogen and oxygen atoms in total. The fourth-order valence-corrected chi connectivity index (χ4v) is 1.57. The number of halogens is 2. The van der Waals surface area contributed by atoms with Crippen molar-refractivity contribution in [3.05, 3.63) is 35.4 Å². The minimum Gasteiger partial charge on any atom is -0.428 e. The topological polar surface area (TPSA) is 26.3 Å². The van der Waals surface area contributed by atoms with E-state index in [-0.39, 0.29) is 6.42 Å². The molecule has 1 unspecified atom stereocenters. The highest BCUT2D eigenvalue weighted by Gasteiger charge is 2.13. The number of hydrogen-bond acceptors (Lipinski definition) is 2. The van der Waals surface area contributed by atoms with Gasteiger partial charge in [0.15, 0.2) is 0 Å². The molecule has 1 atom stereocenters. The van der Waals surface area contributed by atoms with Crippen LogP contribution in [0.3, 0.4) is 0 Å². The number of carbonyl (C=O) groups is 1. The number of ether oxygens (including phenoxy) is 1. The normalized spacial score (nSPS) is 12.2. The molecule has 0 heterocycles. The van der Waals surface area contributed by atoms with Crippen LogP contribution >= 0.6 is 15.9 Å². The first kappa shape index (κ1) is 13.2. The van der Waals surface area contributed by atoms with E-state index >= 15 is 0 Å². The van der Waals surface area contributed by atoms with Crippen molar-refractivity contribution in [3.63, 3.8) is 0 Å². The Balaban J connectivity index is 2.59. The molecule has 0 N–H and O–H groups in total. The maximum atomic E-state index is 13.0. The first-order valence-corrected chi connectivity index (χ1v) is 6.29. The van der Waals surface area contributed by atoms with Gasteiger partial charge in [0.25, 0.3) is 0 Å². The summed E-state index contributed by atoms with van der Waals surface area (Å²) in [5.41, 5.74) is 1.44. The van der Waals surface area contributed by atoms with Gasteiger partial charge in [-0.25, -0.2) is 9.18 Å². The van der Waals surface area contributed by atoms with E-state index in [0.29, 0.717) is 12.0 Å². The predicted octanol–water partition coefficient (Wildman–Crippen LogP) is 3.83. The van der Waals surface area contributed by atoms with Crippen LogP contribution in [-0.2, 0) is 10.1 Å². The van der Waals surface area contributed by atoms with Gasteiger partial charge in [-0.15, -0.1) is 0 Å². The lowest BCUT2D eigenvalue weighted by atomic mass is 10.1. The molecule has 0 saturated carbocycles. The van der Waals surface area contributed by atoms with Crippen molar-refractivity contribution in [1.29, 1.82) is 0 Å². The summed E-state index contributed by atoms with van der Waals surface area (Å²) in [6.45, 7) is 1.84. The van der Waals surface area contributed by atoms with E-state index in [1.54, 1.807) is 24.3 Å². The third-order valence-electron chi connectivity index (χ3n) is 2.09. The van der Waals surface area contributed by atoms with Crippen molar-refractivity contribution < 1.29 is 13.9 Å². The largest absolute Gasteiger partial charge is 0.428 e. The molecule has 1 rings (SSSR count). The van der Waals surface area contributed by atoms with Crippen molar-refractivity contribution in [3.8, 4) is 0 Å². The molecule has 4 heteroatoms. The van der Waals surface area contributed by atoms with Crippen molar-refractivity contribution in [1.82, 2.24) is 0 Å². The van der Waals surface area contributed by atoms with E-state index in [4.69, 9.17) is 0 Å². The molecule has 0 amide bonds. The summed E-state index contributed by atoms with van der Waals surface area (Å²) in [5, 5.41) is 0.726. The number of rotatable bonds is 5. The number of benzene rings is 1. The van der Waals surface area contributed by atoms with E-state index < -0.39 is 12.3 Å². The molecular weight excluding hydrogens is 275 g/mol. The van der Waals surface area contributed by atoms with Gasteiger partial charge in [0.2, 0.25) is 6.36 Å². The average Bonchev–Trinajstić information content (AvgIpc) is 2.29. The third-order valence-corrected chi connectivity index (χ3v) is 2.74. The van der Waals surface area contributed by atoms with Crippen LogP contribution in [0, 0.1) is 0 Å². The van der Waals surface area contributed by atoms with Crippen molar-refractivity contribution >= 4 is 21.9 Å². The number of alkyl halides is 2. The van der Waals surface area contributed by atoms with Gasteiger partial charge >= 0.3 is 5.97 Å². The summed E-state index contributed by atoms with van der Waals surface area (Å²) in [7, 11) is 0. The maximum Gasteiger partial charge on any atom is 0.340 e. The second kappa shape index (κ2) is 6.63. The van der Waals surface area contributed by atoms with Crippen LogP contribution in [0.25, 0.3) is 0 Å². The van der Waals surface area contributed by atoms with Crippen LogP contribution in [0.4, 0.5) is 4.39 Å². The zero-order chi connectivity index (χ0) is 12.0. The minimum atomic E-state index is -1.51. The van der Waals surface area contributed by atoms with Crippen molar-refractivity contribution in [2.24, 2.45) is 0 Å². The Morgan fingerprint density at radius 2 is 2.06 bits per heavy atom.